The first-order valence-electron chi connectivity index (χ1n) is 14.6. The number of piperazine rings is 1. The van der Waals surface area contributed by atoms with Crippen LogP contribution in [0.2, 0.25) is 0 Å². The number of benzene rings is 2. The summed E-state index contributed by atoms with van der Waals surface area (Å²) in [6.07, 6.45) is -3.06. The summed E-state index contributed by atoms with van der Waals surface area (Å²) in [6, 6.07) is 13.2. The second-order valence-electron chi connectivity index (χ2n) is 10.9. The Hall–Kier alpha value is -5.09. The molecule has 2 aromatic carbocycles. The van der Waals surface area contributed by atoms with E-state index in [1.807, 2.05) is 35.7 Å². The van der Waals surface area contributed by atoms with Crippen LogP contribution < -0.4 is 9.47 Å². The molecule has 0 aliphatic carbocycles. The van der Waals surface area contributed by atoms with E-state index in [2.05, 4.69) is 35.0 Å². The summed E-state index contributed by atoms with van der Waals surface area (Å²) >= 11 is 1.52. The number of aromatic amines is 1. The molecular formula is C31H28F3N9O3S. The molecule has 1 unspecified atom stereocenters. The first kappa shape index (κ1) is 30.6. The number of thiazole rings is 1. The average molecular weight is 664 g/mol. The zero-order chi connectivity index (χ0) is 32.7. The molecule has 0 spiro atoms. The van der Waals surface area contributed by atoms with Gasteiger partial charge in [-0.3, -0.25) is 9.69 Å². The van der Waals surface area contributed by atoms with Gasteiger partial charge in [-0.05, 0) is 24.3 Å². The van der Waals surface area contributed by atoms with E-state index in [0.29, 0.717) is 48.5 Å². The topological polar surface area (TPSA) is 127 Å². The predicted molar refractivity (Wildman–Crippen MR) is 167 cm³/mol. The number of methoxy groups -OCH3 is 2. The number of hydrogen-bond acceptors (Lipinski definition) is 10. The van der Waals surface area contributed by atoms with Gasteiger partial charge in [-0.1, -0.05) is 18.2 Å². The van der Waals surface area contributed by atoms with Gasteiger partial charge in [-0.2, -0.15) is 13.2 Å². The summed E-state index contributed by atoms with van der Waals surface area (Å²) in [5.74, 6) is -0.241. The highest BCUT2D eigenvalue weighted by Gasteiger charge is 2.40. The number of amides is 1. The molecule has 242 valence electrons. The predicted octanol–water partition coefficient (Wildman–Crippen LogP) is 4.95. The average Bonchev–Trinajstić information content (AvgIpc) is 3.85. The van der Waals surface area contributed by atoms with Gasteiger partial charge in [-0.25, -0.2) is 15.0 Å². The van der Waals surface area contributed by atoms with Gasteiger partial charge in [0, 0.05) is 42.7 Å². The normalized spacial score (nSPS) is 15.9. The molecule has 1 atom stereocenters. The van der Waals surface area contributed by atoms with Crippen LogP contribution in [0.5, 0.6) is 11.6 Å². The van der Waals surface area contributed by atoms with E-state index < -0.39 is 30.5 Å². The molecule has 6 aromatic rings. The lowest BCUT2D eigenvalue weighted by Gasteiger charge is -2.40. The van der Waals surface area contributed by atoms with E-state index in [1.54, 1.807) is 11.1 Å². The Morgan fingerprint density at radius 2 is 1.89 bits per heavy atom. The Kier molecular flexibility index (Phi) is 7.97. The van der Waals surface area contributed by atoms with Crippen LogP contribution >= 0.6 is 11.3 Å². The summed E-state index contributed by atoms with van der Waals surface area (Å²) in [7, 11) is 2.93. The zero-order valence-corrected chi connectivity index (χ0v) is 26.0. The van der Waals surface area contributed by atoms with Crippen molar-refractivity contribution in [1.82, 2.24) is 44.5 Å². The van der Waals surface area contributed by atoms with Crippen LogP contribution in [0.4, 0.5) is 13.2 Å². The number of rotatable bonds is 8. The maximum Gasteiger partial charge on any atom is 0.449 e. The summed E-state index contributed by atoms with van der Waals surface area (Å²) in [5.41, 5.74) is 1.57. The molecule has 0 saturated carbocycles. The number of pyridine rings is 1. The number of carbonyl (C=O) groups is 1. The van der Waals surface area contributed by atoms with E-state index in [1.165, 1.54) is 43.8 Å². The number of nitrogens with one attached hydrogen (secondary N) is 1. The smallest absolute Gasteiger partial charge is 0.449 e. The molecule has 7 rings (SSSR count). The molecule has 1 aliphatic heterocycles. The van der Waals surface area contributed by atoms with Crippen molar-refractivity contribution in [3.63, 3.8) is 0 Å². The minimum Gasteiger partial charge on any atom is -0.497 e. The highest BCUT2D eigenvalue weighted by atomic mass is 32.1. The molecule has 12 nitrogen and oxygen atoms in total. The van der Waals surface area contributed by atoms with E-state index in [9.17, 15) is 18.0 Å². The Morgan fingerprint density at radius 3 is 2.66 bits per heavy atom. The van der Waals surface area contributed by atoms with Crippen LogP contribution in [0, 0.1) is 0 Å². The minimum atomic E-state index is -4.79. The van der Waals surface area contributed by atoms with E-state index in [4.69, 9.17) is 9.47 Å². The number of ether oxygens (including phenoxy) is 2. The lowest BCUT2D eigenvalue weighted by atomic mass is 10.1. The SMILES string of the molecule is COc1ccc2nc(C(F)(F)F)n(CC(=O)N3CCN(Cc4nccs4)CC3c3nnc(-c4cc5ccccc5nc4OC)[nH]3)c2c1. The fourth-order valence-corrected chi connectivity index (χ4v) is 6.50. The maximum atomic E-state index is 14.2. The Bertz CT molecular complexity index is 2060. The minimum absolute atomic E-state index is 0.105. The van der Waals surface area contributed by atoms with Crippen molar-refractivity contribution in [2.45, 2.75) is 25.3 Å². The Labute approximate surface area is 269 Å². The first-order chi connectivity index (χ1) is 22.7. The largest absolute Gasteiger partial charge is 0.497 e. The molecule has 1 fully saturated rings. The zero-order valence-electron chi connectivity index (χ0n) is 25.2. The number of halogens is 3. The molecule has 1 aliphatic rings. The van der Waals surface area contributed by atoms with Gasteiger partial charge in [0.05, 0.1) is 42.9 Å². The van der Waals surface area contributed by atoms with Crippen molar-refractivity contribution in [2.24, 2.45) is 0 Å². The van der Waals surface area contributed by atoms with Gasteiger partial charge in [0.15, 0.2) is 11.6 Å². The Balaban J connectivity index is 1.24. The van der Waals surface area contributed by atoms with E-state index in [0.717, 1.165) is 20.5 Å². The van der Waals surface area contributed by atoms with Crippen LogP contribution in [-0.4, -0.2) is 84.3 Å². The lowest BCUT2D eigenvalue weighted by Crippen LogP contribution is -2.51. The van der Waals surface area contributed by atoms with Crippen LogP contribution in [0.15, 0.2) is 60.1 Å². The fraction of sp³-hybridized carbons (Fsp3) is 0.290. The standard InChI is InChI=1S/C31H28F3N9O3S/c1-45-19-7-8-22-23(14-19)43(30(37-22)31(32,33)34)17-26(44)42-11-10-41(16-25-35-9-12-47-25)15-24(42)28-38-27(39-40-28)20-13-18-5-3-4-6-21(18)36-29(20)46-2/h3-9,12-14,24H,10-11,15-17H2,1-2H3,(H,38,39,40). The third kappa shape index (κ3) is 5.96. The van der Waals surface area contributed by atoms with Gasteiger partial charge in [-0.15, -0.1) is 21.5 Å². The maximum absolute atomic E-state index is 14.2. The van der Waals surface area contributed by atoms with Crippen molar-refractivity contribution < 1.29 is 27.4 Å². The third-order valence-corrected chi connectivity index (χ3v) is 8.85. The molecule has 16 heteroatoms. The summed E-state index contributed by atoms with van der Waals surface area (Å²) in [6.45, 7) is 1.02. The van der Waals surface area contributed by atoms with Crippen molar-refractivity contribution in [1.29, 1.82) is 0 Å². The highest BCUT2D eigenvalue weighted by Crippen LogP contribution is 2.35. The number of H-pyrrole nitrogens is 1. The van der Waals surface area contributed by atoms with Crippen LogP contribution in [-0.2, 0) is 24.1 Å². The molecule has 0 radical (unpaired) electrons. The number of para-hydroxylation sites is 1. The van der Waals surface area contributed by atoms with Crippen LogP contribution in [0.1, 0.15) is 22.7 Å². The van der Waals surface area contributed by atoms with Crippen molar-refractivity contribution in [3.05, 3.63) is 76.8 Å². The van der Waals surface area contributed by atoms with Gasteiger partial charge < -0.3 is 23.9 Å². The van der Waals surface area contributed by atoms with Gasteiger partial charge in [0.25, 0.3) is 0 Å². The number of carbonyl (C=O) groups excluding carboxylic acids is 1. The summed E-state index contributed by atoms with van der Waals surface area (Å²) in [4.78, 5) is 33.8. The second-order valence-corrected chi connectivity index (χ2v) is 11.9. The van der Waals surface area contributed by atoms with Crippen molar-refractivity contribution >= 4 is 39.2 Å². The Morgan fingerprint density at radius 1 is 1.04 bits per heavy atom. The number of hydrogen-bond donors (Lipinski definition) is 1. The van der Waals surface area contributed by atoms with E-state index >= 15 is 0 Å². The number of imidazole rings is 1. The van der Waals surface area contributed by atoms with Gasteiger partial charge >= 0.3 is 6.18 Å². The molecule has 1 N–H and O–H groups in total. The van der Waals surface area contributed by atoms with Crippen LogP contribution in [0.3, 0.4) is 0 Å². The molecular weight excluding hydrogens is 635 g/mol. The first-order valence-corrected chi connectivity index (χ1v) is 15.5. The van der Waals surface area contributed by atoms with Crippen molar-refractivity contribution in [3.8, 4) is 23.0 Å². The molecule has 1 saturated heterocycles. The van der Waals surface area contributed by atoms with Gasteiger partial charge in [0.2, 0.25) is 17.6 Å². The summed E-state index contributed by atoms with van der Waals surface area (Å²) < 4.78 is 54.2. The number of fused-ring (bicyclic) bond motifs is 2. The molecule has 47 heavy (non-hydrogen) atoms. The van der Waals surface area contributed by atoms with Crippen molar-refractivity contribution in [2.75, 3.05) is 33.9 Å². The fourth-order valence-electron chi connectivity index (χ4n) is 5.84. The molecule has 1 amide bonds. The third-order valence-electron chi connectivity index (χ3n) is 8.09. The van der Waals surface area contributed by atoms with E-state index in [-0.39, 0.29) is 17.6 Å². The van der Waals surface area contributed by atoms with Crippen LogP contribution in [0.25, 0.3) is 33.3 Å². The number of alkyl halides is 3. The van der Waals surface area contributed by atoms with Gasteiger partial charge in [0.1, 0.15) is 23.3 Å². The highest BCUT2D eigenvalue weighted by molar-refractivity contribution is 7.09. The number of nitrogens with zero attached hydrogens (tertiary/aromatic N) is 8. The lowest BCUT2D eigenvalue weighted by molar-refractivity contribution is -0.148. The monoisotopic (exact) mass is 663 g/mol. The molecule has 5 heterocycles. The number of aromatic nitrogens is 7. The second kappa shape index (κ2) is 12.3. The molecule has 4 aromatic heterocycles. The molecule has 0 bridgehead atoms. The quantitative estimate of drug-likeness (QED) is 0.241. The summed E-state index contributed by atoms with van der Waals surface area (Å²) in [5, 5.41) is 12.5.